The molecule has 0 heterocycles. The molecule has 1 N–H and O–H groups in total. The van der Waals surface area contributed by atoms with E-state index in [-0.39, 0.29) is 48.5 Å². The molecule has 2 amide bonds. The minimum atomic E-state index is -3.67. The van der Waals surface area contributed by atoms with Gasteiger partial charge in [-0.2, -0.15) is 0 Å². The number of nitrogens with zero attached hydrogens (tertiary/aromatic N) is 2. The number of aryl methyl sites for hydroxylation is 1. The fourth-order valence-electron chi connectivity index (χ4n) is 4.09. The highest BCUT2D eigenvalue weighted by Gasteiger charge is 2.29. The average Bonchev–Trinajstić information content (AvgIpc) is 2.82. The van der Waals surface area contributed by atoms with E-state index in [2.05, 4.69) is 5.32 Å². The summed E-state index contributed by atoms with van der Waals surface area (Å²) in [6.07, 6.45) is 3.67. The largest absolute Gasteiger partial charge is 0.354 e. The second kappa shape index (κ2) is 14.6. The number of rotatable bonds is 14. The van der Waals surface area contributed by atoms with E-state index in [9.17, 15) is 18.0 Å². The van der Waals surface area contributed by atoms with E-state index in [0.717, 1.165) is 34.5 Å². The molecule has 204 valence electrons. The zero-order valence-corrected chi connectivity index (χ0v) is 24.3. The first kappa shape index (κ1) is 30.9. The third kappa shape index (κ3) is 9.51. The predicted octanol–water partition coefficient (Wildman–Crippen LogP) is 5.57. The first-order valence-electron chi connectivity index (χ1n) is 12.5. The highest BCUT2D eigenvalue weighted by molar-refractivity contribution is 7.92. The number of hydrogen-bond donors (Lipinski definition) is 1. The molecule has 0 saturated carbocycles. The van der Waals surface area contributed by atoms with Gasteiger partial charge in [-0.1, -0.05) is 73.3 Å². The van der Waals surface area contributed by atoms with Crippen molar-refractivity contribution in [1.29, 1.82) is 0 Å². The van der Waals surface area contributed by atoms with Gasteiger partial charge in [-0.3, -0.25) is 13.9 Å². The fraction of sp³-hybridized carbons (Fsp3) is 0.481. The summed E-state index contributed by atoms with van der Waals surface area (Å²) in [5.74, 6) is -0.398. The molecule has 10 heteroatoms. The van der Waals surface area contributed by atoms with Gasteiger partial charge in [-0.25, -0.2) is 8.42 Å². The molecule has 1 unspecified atom stereocenters. The molecule has 0 aromatic heterocycles. The lowest BCUT2D eigenvalue weighted by atomic mass is 10.1. The normalized spacial score (nSPS) is 12.2. The standard InChI is InChI=1S/C27H37Cl2N3O4S/c1-5-7-15-30-27(34)24(6-2)31(19-21-11-8-10-20(3)17-21)26(33)12-9-16-32(37(4,35)36)25-18-22(28)13-14-23(25)29/h8,10-11,13-14,17-18,24H,5-7,9,12,15-16,19H2,1-4H3,(H,30,34). The number of sulfonamides is 1. The molecule has 7 nitrogen and oxygen atoms in total. The van der Waals surface area contributed by atoms with E-state index >= 15 is 0 Å². The smallest absolute Gasteiger partial charge is 0.242 e. The van der Waals surface area contributed by atoms with Crippen LogP contribution in [0.2, 0.25) is 10.0 Å². The molecule has 0 aliphatic rings. The molecule has 0 aliphatic carbocycles. The lowest BCUT2D eigenvalue weighted by Gasteiger charge is -2.31. The summed E-state index contributed by atoms with van der Waals surface area (Å²) in [4.78, 5) is 28.1. The van der Waals surface area contributed by atoms with Gasteiger partial charge >= 0.3 is 0 Å². The van der Waals surface area contributed by atoms with Crippen LogP contribution in [0.3, 0.4) is 0 Å². The maximum atomic E-state index is 13.5. The second-order valence-corrected chi connectivity index (χ2v) is 11.9. The summed E-state index contributed by atoms with van der Waals surface area (Å²) < 4.78 is 26.2. The maximum absolute atomic E-state index is 13.5. The lowest BCUT2D eigenvalue weighted by molar-refractivity contribution is -0.141. The van der Waals surface area contributed by atoms with Crippen LogP contribution < -0.4 is 9.62 Å². The summed E-state index contributed by atoms with van der Waals surface area (Å²) in [6, 6.07) is 11.8. The number of unbranched alkanes of at least 4 members (excludes halogenated alkanes) is 1. The summed E-state index contributed by atoms with van der Waals surface area (Å²) in [5, 5.41) is 3.55. The molecule has 2 rings (SSSR count). The minimum absolute atomic E-state index is 0.0441. The molecular formula is C27H37Cl2N3O4S. The molecule has 2 aromatic carbocycles. The minimum Gasteiger partial charge on any atom is -0.354 e. The van der Waals surface area contributed by atoms with Crippen molar-refractivity contribution in [3.8, 4) is 0 Å². The van der Waals surface area contributed by atoms with E-state index < -0.39 is 16.1 Å². The van der Waals surface area contributed by atoms with Crippen LogP contribution in [-0.2, 0) is 26.2 Å². The molecule has 37 heavy (non-hydrogen) atoms. The van der Waals surface area contributed by atoms with Crippen molar-refractivity contribution in [3.05, 3.63) is 63.6 Å². The monoisotopic (exact) mass is 569 g/mol. The third-order valence-corrected chi connectivity index (χ3v) is 7.71. The summed E-state index contributed by atoms with van der Waals surface area (Å²) in [6.45, 7) is 6.80. The Balaban J connectivity index is 2.23. The van der Waals surface area contributed by atoms with Gasteiger partial charge in [-0.05, 0) is 49.9 Å². The maximum Gasteiger partial charge on any atom is 0.242 e. The Hall–Kier alpha value is -2.29. The summed E-state index contributed by atoms with van der Waals surface area (Å²) >= 11 is 12.3. The lowest BCUT2D eigenvalue weighted by Crippen LogP contribution is -2.49. The van der Waals surface area contributed by atoms with Gasteiger partial charge in [0.25, 0.3) is 0 Å². The Bertz CT molecular complexity index is 1170. The van der Waals surface area contributed by atoms with Gasteiger partial charge in [0.2, 0.25) is 21.8 Å². The van der Waals surface area contributed by atoms with Crippen molar-refractivity contribution < 1.29 is 18.0 Å². The number of halogens is 2. The van der Waals surface area contributed by atoms with E-state index in [0.29, 0.717) is 18.0 Å². The van der Waals surface area contributed by atoms with Crippen LogP contribution >= 0.6 is 23.2 Å². The molecule has 0 radical (unpaired) electrons. The Morgan fingerprint density at radius 2 is 1.78 bits per heavy atom. The van der Waals surface area contributed by atoms with E-state index in [1.165, 1.54) is 12.1 Å². The van der Waals surface area contributed by atoms with Gasteiger partial charge in [0.1, 0.15) is 6.04 Å². The Morgan fingerprint density at radius 3 is 2.41 bits per heavy atom. The topological polar surface area (TPSA) is 86.8 Å². The van der Waals surface area contributed by atoms with Gasteiger partial charge in [0.15, 0.2) is 0 Å². The molecule has 1 atom stereocenters. The summed E-state index contributed by atoms with van der Waals surface area (Å²) in [7, 11) is -3.67. The van der Waals surface area contributed by atoms with Crippen LogP contribution in [0.4, 0.5) is 5.69 Å². The molecule has 0 spiro atoms. The Kier molecular flexibility index (Phi) is 12.2. The van der Waals surface area contributed by atoms with Gasteiger partial charge in [0.05, 0.1) is 17.0 Å². The first-order valence-corrected chi connectivity index (χ1v) is 15.1. The van der Waals surface area contributed by atoms with Crippen LogP contribution in [0, 0.1) is 6.92 Å². The highest BCUT2D eigenvalue weighted by Crippen LogP contribution is 2.31. The predicted molar refractivity (Wildman–Crippen MR) is 152 cm³/mol. The zero-order valence-electron chi connectivity index (χ0n) is 22.0. The molecular weight excluding hydrogens is 533 g/mol. The number of benzene rings is 2. The number of carbonyl (C=O) groups is 2. The van der Waals surface area contributed by atoms with Gasteiger partial charge in [-0.15, -0.1) is 0 Å². The van der Waals surface area contributed by atoms with Crippen molar-refractivity contribution in [2.75, 3.05) is 23.7 Å². The number of amides is 2. The fourth-order valence-corrected chi connectivity index (χ4v) is 5.50. The Morgan fingerprint density at radius 1 is 1.05 bits per heavy atom. The summed E-state index contributed by atoms with van der Waals surface area (Å²) in [5.41, 5.74) is 2.26. The quantitative estimate of drug-likeness (QED) is 0.301. The third-order valence-electron chi connectivity index (χ3n) is 5.98. The van der Waals surface area contributed by atoms with Crippen molar-refractivity contribution in [3.63, 3.8) is 0 Å². The average molecular weight is 571 g/mol. The SMILES string of the molecule is CCCCNC(=O)C(CC)N(Cc1cccc(C)c1)C(=O)CCCN(c1cc(Cl)ccc1Cl)S(C)(=O)=O. The van der Waals surface area contributed by atoms with Crippen LogP contribution in [-0.4, -0.2) is 50.5 Å². The molecule has 0 fully saturated rings. The molecule has 0 bridgehead atoms. The van der Waals surface area contributed by atoms with Crippen molar-refractivity contribution in [1.82, 2.24) is 10.2 Å². The van der Waals surface area contributed by atoms with Gasteiger partial charge < -0.3 is 10.2 Å². The van der Waals surface area contributed by atoms with Crippen LogP contribution in [0.1, 0.15) is 57.1 Å². The van der Waals surface area contributed by atoms with E-state index in [4.69, 9.17) is 23.2 Å². The number of anilines is 1. The van der Waals surface area contributed by atoms with Crippen LogP contribution in [0.15, 0.2) is 42.5 Å². The van der Waals surface area contributed by atoms with Crippen molar-refractivity contribution >= 4 is 50.7 Å². The van der Waals surface area contributed by atoms with E-state index in [1.54, 1.807) is 11.0 Å². The second-order valence-electron chi connectivity index (χ2n) is 9.11. The number of nitrogens with one attached hydrogen (secondary N) is 1. The van der Waals surface area contributed by atoms with Crippen molar-refractivity contribution in [2.24, 2.45) is 0 Å². The van der Waals surface area contributed by atoms with Crippen LogP contribution in [0.25, 0.3) is 0 Å². The first-order chi connectivity index (χ1) is 17.5. The molecule has 0 saturated heterocycles. The zero-order chi connectivity index (χ0) is 27.6. The van der Waals surface area contributed by atoms with Crippen molar-refractivity contribution in [2.45, 2.75) is 65.5 Å². The van der Waals surface area contributed by atoms with Crippen LogP contribution in [0.5, 0.6) is 0 Å². The number of carbonyl (C=O) groups excluding carboxylic acids is 2. The van der Waals surface area contributed by atoms with Gasteiger partial charge in [0, 0.05) is 31.1 Å². The highest BCUT2D eigenvalue weighted by atomic mass is 35.5. The Labute approximate surface area is 231 Å². The van der Waals surface area contributed by atoms with E-state index in [1.807, 2.05) is 45.0 Å². The number of hydrogen-bond acceptors (Lipinski definition) is 4. The molecule has 0 aliphatic heterocycles. The molecule has 2 aromatic rings.